The molecule has 178 valence electrons. The molecule has 5 rings (SSSR count). The molecule has 1 saturated carbocycles. The van der Waals surface area contributed by atoms with E-state index in [1.54, 1.807) is 30.3 Å². The topological polar surface area (TPSA) is 126 Å². The molecule has 3 aromatic rings. The molecular formula is C22H20Cl2N4O6. The van der Waals surface area contributed by atoms with E-state index < -0.39 is 36.0 Å². The van der Waals surface area contributed by atoms with Crippen LogP contribution in [0.1, 0.15) is 36.4 Å². The Morgan fingerprint density at radius 3 is 2.65 bits per heavy atom. The van der Waals surface area contributed by atoms with Gasteiger partial charge in [0.2, 0.25) is 5.28 Å². The quantitative estimate of drug-likeness (QED) is 0.305. The van der Waals surface area contributed by atoms with Crippen molar-refractivity contribution >= 4 is 46.2 Å². The summed E-state index contributed by atoms with van der Waals surface area (Å²) >= 11 is 12.2. The number of aliphatic hydroxyl groups is 1. The van der Waals surface area contributed by atoms with Crippen molar-refractivity contribution < 1.29 is 28.9 Å². The van der Waals surface area contributed by atoms with Crippen LogP contribution in [0.2, 0.25) is 10.4 Å². The summed E-state index contributed by atoms with van der Waals surface area (Å²) in [6, 6.07) is 8.47. The molecule has 2 fully saturated rings. The molecule has 0 bridgehead atoms. The Hall–Kier alpha value is -2.79. The maximum Gasteiger partial charge on any atom is 0.338 e. The minimum Gasteiger partial charge on any atom is -0.459 e. The molecule has 10 nitrogen and oxygen atoms in total. The van der Waals surface area contributed by atoms with Crippen LogP contribution in [-0.2, 0) is 19.0 Å². The molecule has 1 aromatic carbocycles. The predicted octanol–water partition coefficient (Wildman–Crippen LogP) is 2.96. The van der Waals surface area contributed by atoms with E-state index in [9.17, 15) is 14.7 Å². The number of halogens is 2. The fraction of sp³-hybridized carbons (Fsp3) is 0.409. The lowest BCUT2D eigenvalue weighted by Gasteiger charge is -2.33. The number of hydrogen-bond donors (Lipinski definition) is 1. The number of fused-ring (bicyclic) bond motifs is 1. The predicted molar refractivity (Wildman–Crippen MR) is 119 cm³/mol. The Bertz CT molecular complexity index is 1250. The summed E-state index contributed by atoms with van der Waals surface area (Å²) in [7, 11) is 0. The first-order chi connectivity index (χ1) is 16.3. The molecule has 4 atom stereocenters. The van der Waals surface area contributed by atoms with Gasteiger partial charge in [0, 0.05) is 6.92 Å². The number of nitrogens with zero attached hydrogens (tertiary/aromatic N) is 4. The zero-order valence-electron chi connectivity index (χ0n) is 17.9. The fourth-order valence-corrected chi connectivity index (χ4v) is 4.77. The molecule has 2 aliphatic rings. The number of esters is 2. The van der Waals surface area contributed by atoms with Crippen molar-refractivity contribution in [3.05, 3.63) is 52.5 Å². The van der Waals surface area contributed by atoms with Crippen molar-refractivity contribution in [2.45, 2.75) is 43.8 Å². The number of rotatable bonds is 6. The van der Waals surface area contributed by atoms with Gasteiger partial charge in [-0.2, -0.15) is 10.1 Å². The Balaban J connectivity index is 1.50. The monoisotopic (exact) mass is 506 g/mol. The molecule has 0 amide bonds. The number of aromatic nitrogens is 4. The van der Waals surface area contributed by atoms with E-state index in [2.05, 4.69) is 15.1 Å². The SMILES string of the molecule is CC(=O)O[C@H]1C(n2ncc3c(Cl)nc(Cl)nc32)O[C@H](COC(=O)c2ccccc2)[C@]1(O)C1CC1. The van der Waals surface area contributed by atoms with E-state index in [0.717, 1.165) is 0 Å². The normalized spacial score (nSPS) is 26.5. The molecule has 34 heavy (non-hydrogen) atoms. The fourth-order valence-electron chi connectivity index (χ4n) is 4.35. The van der Waals surface area contributed by atoms with Crippen LogP contribution < -0.4 is 0 Å². The molecule has 2 aromatic heterocycles. The molecular weight excluding hydrogens is 487 g/mol. The van der Waals surface area contributed by atoms with Gasteiger partial charge in [-0.25, -0.2) is 14.5 Å². The molecule has 1 saturated heterocycles. The number of benzene rings is 1. The minimum absolute atomic E-state index is 0.0917. The smallest absolute Gasteiger partial charge is 0.338 e. The first-order valence-electron chi connectivity index (χ1n) is 10.6. The highest BCUT2D eigenvalue weighted by Gasteiger charge is 2.65. The largest absolute Gasteiger partial charge is 0.459 e. The van der Waals surface area contributed by atoms with Crippen molar-refractivity contribution in [3.8, 4) is 0 Å². The zero-order valence-corrected chi connectivity index (χ0v) is 19.4. The van der Waals surface area contributed by atoms with Gasteiger partial charge in [0.1, 0.15) is 23.5 Å². The van der Waals surface area contributed by atoms with E-state index in [-0.39, 0.29) is 28.6 Å². The lowest BCUT2D eigenvalue weighted by Crippen LogP contribution is -2.53. The number of hydrogen-bond acceptors (Lipinski definition) is 9. The third-order valence-corrected chi connectivity index (χ3v) is 6.51. The summed E-state index contributed by atoms with van der Waals surface area (Å²) in [4.78, 5) is 32.6. The summed E-state index contributed by atoms with van der Waals surface area (Å²) in [5.74, 6) is -1.39. The van der Waals surface area contributed by atoms with Gasteiger partial charge in [0.05, 0.1) is 17.1 Å². The Morgan fingerprint density at radius 2 is 1.97 bits per heavy atom. The summed E-state index contributed by atoms with van der Waals surface area (Å²) in [5, 5.41) is 16.5. The second-order valence-corrected chi connectivity index (χ2v) is 8.98. The minimum atomic E-state index is -1.62. The highest BCUT2D eigenvalue weighted by atomic mass is 35.5. The summed E-state index contributed by atoms with van der Waals surface area (Å²) in [6.45, 7) is 0.981. The van der Waals surface area contributed by atoms with E-state index in [1.807, 2.05) is 0 Å². The van der Waals surface area contributed by atoms with Crippen LogP contribution in [0.25, 0.3) is 11.0 Å². The Kier molecular flexibility index (Phi) is 5.93. The van der Waals surface area contributed by atoms with E-state index in [4.69, 9.17) is 37.4 Å². The second kappa shape index (κ2) is 8.77. The van der Waals surface area contributed by atoms with Crippen LogP contribution in [0.4, 0.5) is 0 Å². The van der Waals surface area contributed by atoms with Gasteiger partial charge in [-0.1, -0.05) is 29.8 Å². The average molecular weight is 507 g/mol. The molecule has 0 spiro atoms. The van der Waals surface area contributed by atoms with Crippen LogP contribution >= 0.6 is 23.2 Å². The maximum atomic E-state index is 12.5. The van der Waals surface area contributed by atoms with E-state index in [1.165, 1.54) is 17.8 Å². The van der Waals surface area contributed by atoms with Gasteiger partial charge in [0.15, 0.2) is 18.0 Å². The van der Waals surface area contributed by atoms with Gasteiger partial charge in [-0.05, 0) is 42.5 Å². The van der Waals surface area contributed by atoms with E-state index >= 15 is 0 Å². The molecule has 0 radical (unpaired) electrons. The highest BCUT2D eigenvalue weighted by Crippen LogP contribution is 2.52. The maximum absolute atomic E-state index is 12.5. The van der Waals surface area contributed by atoms with Gasteiger partial charge in [0.25, 0.3) is 0 Å². The van der Waals surface area contributed by atoms with Crippen LogP contribution in [0.3, 0.4) is 0 Å². The third kappa shape index (κ3) is 4.00. The van der Waals surface area contributed by atoms with Crippen molar-refractivity contribution in [2.24, 2.45) is 5.92 Å². The number of carbonyl (C=O) groups excluding carboxylic acids is 2. The van der Waals surface area contributed by atoms with Gasteiger partial charge in [-0.15, -0.1) is 0 Å². The molecule has 1 unspecified atom stereocenters. The number of carbonyl (C=O) groups is 2. The standard InChI is InChI=1S/C22H20Cl2N4O6/c1-11(29)33-16-19(28-18-14(9-25-28)17(23)26-21(24)27-18)34-15(22(16,31)13-7-8-13)10-32-20(30)12-5-3-2-4-6-12/h2-6,9,13,15-16,19,31H,7-8,10H2,1H3/t15-,16+,19?,22-/m1/s1. The summed E-state index contributed by atoms with van der Waals surface area (Å²) in [6.07, 6.45) is -0.376. The van der Waals surface area contributed by atoms with Gasteiger partial charge < -0.3 is 19.3 Å². The zero-order chi connectivity index (χ0) is 24.0. The molecule has 3 heterocycles. The van der Waals surface area contributed by atoms with Crippen molar-refractivity contribution in [1.29, 1.82) is 0 Å². The van der Waals surface area contributed by atoms with Crippen molar-refractivity contribution in [2.75, 3.05) is 6.61 Å². The molecule has 12 heteroatoms. The first-order valence-corrected chi connectivity index (χ1v) is 11.4. The first kappa shape index (κ1) is 23.0. The van der Waals surface area contributed by atoms with Crippen LogP contribution in [-0.4, -0.2) is 61.2 Å². The average Bonchev–Trinajstić information content (AvgIpc) is 3.53. The third-order valence-electron chi connectivity index (χ3n) is 6.05. The Morgan fingerprint density at radius 1 is 1.24 bits per heavy atom. The molecule has 1 N–H and O–H groups in total. The highest BCUT2D eigenvalue weighted by molar-refractivity contribution is 6.35. The van der Waals surface area contributed by atoms with Crippen molar-refractivity contribution in [3.63, 3.8) is 0 Å². The lowest BCUT2D eigenvalue weighted by molar-refractivity contribution is -0.167. The second-order valence-electron chi connectivity index (χ2n) is 8.28. The summed E-state index contributed by atoms with van der Waals surface area (Å²) < 4.78 is 18.5. The van der Waals surface area contributed by atoms with Crippen LogP contribution in [0.15, 0.2) is 36.5 Å². The van der Waals surface area contributed by atoms with E-state index in [0.29, 0.717) is 23.8 Å². The van der Waals surface area contributed by atoms with Crippen molar-refractivity contribution in [1.82, 2.24) is 19.7 Å². The lowest BCUT2D eigenvalue weighted by atomic mass is 9.87. The summed E-state index contributed by atoms with van der Waals surface area (Å²) in [5.41, 5.74) is -1.01. The van der Waals surface area contributed by atoms with Gasteiger partial charge >= 0.3 is 11.9 Å². The van der Waals surface area contributed by atoms with Crippen LogP contribution in [0, 0.1) is 5.92 Å². The Labute approximate surface area is 203 Å². The number of ether oxygens (including phenoxy) is 3. The van der Waals surface area contributed by atoms with Gasteiger partial charge in [-0.3, -0.25) is 4.79 Å². The molecule has 1 aliphatic carbocycles. The van der Waals surface area contributed by atoms with Crippen LogP contribution in [0.5, 0.6) is 0 Å². The molecule has 1 aliphatic heterocycles.